The SMILES string of the molecule is CN=C(NCCc1nc(C(F)(F)F)cs1)NCC(=O)Nc1cccc(F)c1.I. The molecule has 0 radical (unpaired) electrons. The van der Waals surface area contributed by atoms with Crippen LogP contribution in [0.1, 0.15) is 10.7 Å². The number of amides is 1. The second-order valence-electron chi connectivity index (χ2n) is 5.29. The molecule has 154 valence electrons. The fourth-order valence-electron chi connectivity index (χ4n) is 2.00. The number of anilines is 1. The third-order valence-electron chi connectivity index (χ3n) is 3.22. The lowest BCUT2D eigenvalue weighted by molar-refractivity contribution is -0.140. The molecule has 0 aliphatic carbocycles. The van der Waals surface area contributed by atoms with Crippen molar-refractivity contribution in [3.05, 3.63) is 46.2 Å². The van der Waals surface area contributed by atoms with Crippen LogP contribution in [-0.2, 0) is 17.4 Å². The average molecular weight is 531 g/mol. The second kappa shape index (κ2) is 11.1. The van der Waals surface area contributed by atoms with Crippen LogP contribution in [0.4, 0.5) is 23.2 Å². The van der Waals surface area contributed by atoms with Gasteiger partial charge in [0.2, 0.25) is 5.91 Å². The number of aliphatic imine (C=N–C) groups is 1. The van der Waals surface area contributed by atoms with Crippen LogP contribution in [0.15, 0.2) is 34.6 Å². The van der Waals surface area contributed by atoms with Crippen LogP contribution in [0.5, 0.6) is 0 Å². The molecule has 1 aromatic heterocycles. The lowest BCUT2D eigenvalue weighted by atomic mass is 10.3. The summed E-state index contributed by atoms with van der Waals surface area (Å²) in [7, 11) is 1.49. The molecule has 6 nitrogen and oxygen atoms in total. The highest BCUT2D eigenvalue weighted by Gasteiger charge is 2.33. The van der Waals surface area contributed by atoms with E-state index in [1.165, 1.54) is 25.2 Å². The summed E-state index contributed by atoms with van der Waals surface area (Å²) < 4.78 is 50.6. The number of alkyl halides is 3. The van der Waals surface area contributed by atoms with Crippen molar-refractivity contribution in [2.75, 3.05) is 25.5 Å². The Balaban J connectivity index is 0.00000392. The summed E-state index contributed by atoms with van der Waals surface area (Å²) in [5.41, 5.74) is -0.576. The van der Waals surface area contributed by atoms with E-state index in [9.17, 15) is 22.4 Å². The molecule has 3 N–H and O–H groups in total. The molecule has 0 spiro atoms. The Bertz CT molecular complexity index is 812. The smallest absolute Gasteiger partial charge is 0.356 e. The number of halogens is 5. The molecule has 12 heteroatoms. The summed E-state index contributed by atoms with van der Waals surface area (Å²) in [6, 6.07) is 5.48. The molecule has 0 saturated heterocycles. The normalized spacial score (nSPS) is 11.5. The molecule has 0 unspecified atom stereocenters. The van der Waals surface area contributed by atoms with Crippen LogP contribution in [0.25, 0.3) is 0 Å². The minimum Gasteiger partial charge on any atom is -0.356 e. The van der Waals surface area contributed by atoms with E-state index in [-0.39, 0.29) is 43.5 Å². The van der Waals surface area contributed by atoms with Gasteiger partial charge in [0.05, 0.1) is 11.6 Å². The van der Waals surface area contributed by atoms with Crippen molar-refractivity contribution in [3.63, 3.8) is 0 Å². The maximum absolute atomic E-state index is 13.1. The molecular weight excluding hydrogens is 513 g/mol. The van der Waals surface area contributed by atoms with Crippen molar-refractivity contribution in [3.8, 4) is 0 Å². The van der Waals surface area contributed by atoms with Crippen LogP contribution in [0, 0.1) is 5.82 Å². The fraction of sp³-hybridized carbons (Fsp3) is 0.312. The first kappa shape index (κ1) is 24.1. The number of carbonyl (C=O) groups excluding carboxylic acids is 1. The van der Waals surface area contributed by atoms with E-state index in [0.717, 1.165) is 16.7 Å². The highest BCUT2D eigenvalue weighted by atomic mass is 127. The zero-order valence-corrected chi connectivity index (χ0v) is 17.8. The number of benzene rings is 1. The zero-order chi connectivity index (χ0) is 19.9. The number of guanidine groups is 1. The number of thiazole rings is 1. The van der Waals surface area contributed by atoms with Gasteiger partial charge in [-0.3, -0.25) is 9.79 Å². The molecular formula is C16H18F4IN5OS. The van der Waals surface area contributed by atoms with Gasteiger partial charge in [0.1, 0.15) is 5.82 Å². The average Bonchev–Trinajstić information content (AvgIpc) is 3.07. The van der Waals surface area contributed by atoms with Crippen molar-refractivity contribution >= 4 is 52.9 Å². The Labute approximate surface area is 179 Å². The summed E-state index contributed by atoms with van der Waals surface area (Å²) in [5.74, 6) is -0.565. The molecule has 0 saturated carbocycles. The topological polar surface area (TPSA) is 78.4 Å². The van der Waals surface area contributed by atoms with Crippen LogP contribution >= 0.6 is 35.3 Å². The zero-order valence-electron chi connectivity index (χ0n) is 14.6. The number of rotatable bonds is 6. The predicted molar refractivity (Wildman–Crippen MR) is 111 cm³/mol. The number of carbonyl (C=O) groups is 1. The van der Waals surface area contributed by atoms with Crippen molar-refractivity contribution in [1.29, 1.82) is 0 Å². The van der Waals surface area contributed by atoms with Crippen molar-refractivity contribution in [2.24, 2.45) is 4.99 Å². The van der Waals surface area contributed by atoms with E-state index < -0.39 is 23.6 Å². The summed E-state index contributed by atoms with van der Waals surface area (Å²) in [6.45, 7) is 0.168. The Morgan fingerprint density at radius 1 is 1.29 bits per heavy atom. The van der Waals surface area contributed by atoms with E-state index in [2.05, 4.69) is 25.9 Å². The standard InChI is InChI=1S/C16H17F4N5OS.HI/c1-21-15(22-6-5-14-25-12(9-27-14)16(18,19)20)23-8-13(26)24-11-4-2-3-10(17)7-11;/h2-4,7,9H,5-6,8H2,1H3,(H,24,26)(H2,21,22,23);1H. The van der Waals surface area contributed by atoms with Crippen LogP contribution in [0.3, 0.4) is 0 Å². The largest absolute Gasteiger partial charge is 0.434 e. The van der Waals surface area contributed by atoms with Gasteiger partial charge >= 0.3 is 6.18 Å². The van der Waals surface area contributed by atoms with Crippen LogP contribution < -0.4 is 16.0 Å². The van der Waals surface area contributed by atoms with Gasteiger partial charge in [-0.25, -0.2) is 9.37 Å². The number of aromatic nitrogens is 1. The molecule has 0 fully saturated rings. The quantitative estimate of drug-likeness (QED) is 0.232. The number of nitrogens with zero attached hydrogens (tertiary/aromatic N) is 2. The van der Waals surface area contributed by atoms with Gasteiger partial charge < -0.3 is 16.0 Å². The highest BCUT2D eigenvalue weighted by Crippen LogP contribution is 2.29. The second-order valence-corrected chi connectivity index (χ2v) is 6.23. The Hall–Kier alpha value is -1.96. The predicted octanol–water partition coefficient (Wildman–Crippen LogP) is 3.27. The first-order valence-electron chi connectivity index (χ1n) is 7.79. The van der Waals surface area contributed by atoms with Crippen LogP contribution in [0.2, 0.25) is 0 Å². The molecule has 2 aromatic rings. The van der Waals surface area contributed by atoms with Gasteiger partial charge in [0.15, 0.2) is 11.7 Å². The molecule has 28 heavy (non-hydrogen) atoms. The molecule has 0 aliphatic rings. The van der Waals surface area contributed by atoms with Gasteiger partial charge in [-0.05, 0) is 18.2 Å². The van der Waals surface area contributed by atoms with E-state index in [0.29, 0.717) is 16.7 Å². The summed E-state index contributed by atoms with van der Waals surface area (Å²) in [6.07, 6.45) is -4.17. The van der Waals surface area contributed by atoms with Gasteiger partial charge in [-0.2, -0.15) is 13.2 Å². The van der Waals surface area contributed by atoms with Gasteiger partial charge in [0, 0.05) is 31.1 Å². The monoisotopic (exact) mass is 531 g/mol. The van der Waals surface area contributed by atoms with Crippen molar-refractivity contribution in [2.45, 2.75) is 12.6 Å². The summed E-state index contributed by atoms with van der Waals surface area (Å²) in [4.78, 5) is 19.3. The summed E-state index contributed by atoms with van der Waals surface area (Å²) >= 11 is 0.930. The molecule has 0 bridgehead atoms. The van der Waals surface area contributed by atoms with E-state index in [1.54, 1.807) is 6.07 Å². The minimum atomic E-state index is -4.45. The molecule has 0 atom stereocenters. The molecule has 0 aliphatic heterocycles. The lowest BCUT2D eigenvalue weighted by Gasteiger charge is -2.11. The lowest BCUT2D eigenvalue weighted by Crippen LogP contribution is -2.42. The first-order chi connectivity index (χ1) is 12.8. The molecule has 2 rings (SSSR count). The Morgan fingerprint density at radius 2 is 2.04 bits per heavy atom. The molecule has 1 amide bonds. The third-order valence-corrected chi connectivity index (χ3v) is 4.13. The van der Waals surface area contributed by atoms with Gasteiger partial charge in [-0.15, -0.1) is 35.3 Å². The number of nitrogens with one attached hydrogen (secondary N) is 3. The fourth-order valence-corrected chi connectivity index (χ4v) is 2.80. The molecule has 1 aromatic carbocycles. The maximum Gasteiger partial charge on any atom is 0.434 e. The van der Waals surface area contributed by atoms with E-state index in [4.69, 9.17) is 0 Å². The van der Waals surface area contributed by atoms with E-state index in [1.807, 2.05) is 0 Å². The molecule has 1 heterocycles. The Morgan fingerprint density at radius 3 is 2.64 bits per heavy atom. The van der Waals surface area contributed by atoms with Crippen LogP contribution in [-0.4, -0.2) is 37.0 Å². The van der Waals surface area contributed by atoms with Crippen molar-refractivity contribution in [1.82, 2.24) is 15.6 Å². The van der Waals surface area contributed by atoms with E-state index >= 15 is 0 Å². The number of hydrogen-bond acceptors (Lipinski definition) is 4. The van der Waals surface area contributed by atoms with Crippen molar-refractivity contribution < 1.29 is 22.4 Å². The maximum atomic E-state index is 13.1. The summed E-state index contributed by atoms with van der Waals surface area (Å²) in [5, 5.41) is 9.47. The first-order valence-corrected chi connectivity index (χ1v) is 8.67. The third kappa shape index (κ3) is 7.96. The number of hydrogen-bond donors (Lipinski definition) is 3. The van der Waals surface area contributed by atoms with Gasteiger partial charge in [0.25, 0.3) is 0 Å². The minimum absolute atomic E-state index is 0. The Kier molecular flexibility index (Phi) is 9.58. The van der Waals surface area contributed by atoms with Gasteiger partial charge in [-0.1, -0.05) is 6.07 Å². The highest BCUT2D eigenvalue weighted by molar-refractivity contribution is 14.0.